The molecule has 17 unspecified atom stereocenters. The lowest BCUT2D eigenvalue weighted by atomic mass is 9.96. The fraction of sp³-hybridized carbons (Fsp3) is 0.989. The van der Waals surface area contributed by atoms with E-state index < -0.39 is 124 Å². The van der Waals surface area contributed by atoms with Gasteiger partial charge in [0.05, 0.1) is 38.6 Å². The van der Waals surface area contributed by atoms with Crippen molar-refractivity contribution in [2.75, 3.05) is 26.4 Å². The lowest BCUT2D eigenvalue weighted by Gasteiger charge is -2.48. The zero-order chi connectivity index (χ0) is 77.4. The van der Waals surface area contributed by atoms with Crippen molar-refractivity contribution < 1.29 is 89.4 Å². The minimum atomic E-state index is -1.97. The molecule has 12 N–H and O–H groups in total. The van der Waals surface area contributed by atoms with Crippen molar-refractivity contribution in [1.29, 1.82) is 0 Å². The van der Waals surface area contributed by atoms with Crippen LogP contribution in [0, 0.1) is 0 Å². The van der Waals surface area contributed by atoms with Gasteiger partial charge in [-0.25, -0.2) is 0 Å². The Kier molecular flexibility index (Phi) is 64.6. The van der Waals surface area contributed by atoms with Crippen LogP contribution in [-0.4, -0.2) is 193 Å². The monoisotopic (exact) mass is 1530 g/mol. The number of unbranched alkanes of at least 4 members (excludes halogenated alkanes) is 60. The molecule has 19 heteroatoms. The molecule has 0 aliphatic carbocycles. The topological polar surface area (TPSA) is 307 Å². The standard InChI is InChI=1S/C88H171NO18/c1-3-5-7-9-11-13-15-17-19-21-23-25-27-29-31-33-34-35-36-38-40-42-44-46-48-50-52-54-56-58-60-62-64-66-76(94)89-71(72(93)65-63-61-59-57-55-53-51-49-47-45-43-41-39-37-32-30-28-26-24-22-20-18-16-14-12-10-8-6-4-2)70-102-86-82(100)79(97)84(74(68-91)104-86)107-88-83(101)80(98)85(75(69-92)105-88)106-87-81(99)78(96)77(95)73(67-90)103-87/h71-75,77-88,90-93,95-101H,3-70H2,1-2H3,(H,89,94). The predicted molar refractivity (Wildman–Crippen MR) is 430 cm³/mol. The minimum absolute atomic E-state index is 0.231. The fourth-order valence-corrected chi connectivity index (χ4v) is 16.1. The molecule has 0 radical (unpaired) electrons. The second-order valence-corrected chi connectivity index (χ2v) is 33.1. The molecule has 3 aliphatic rings. The molecule has 107 heavy (non-hydrogen) atoms. The molecule has 0 aromatic carbocycles. The normalized spacial score (nSPS) is 25.4. The first-order valence-electron chi connectivity index (χ1n) is 45.8. The number of carbonyl (C=O) groups is 1. The van der Waals surface area contributed by atoms with Gasteiger partial charge in [-0.15, -0.1) is 0 Å². The van der Waals surface area contributed by atoms with Crippen molar-refractivity contribution in [3.63, 3.8) is 0 Å². The molecule has 0 bridgehead atoms. The highest BCUT2D eigenvalue weighted by molar-refractivity contribution is 5.76. The molecule has 19 nitrogen and oxygen atoms in total. The highest BCUT2D eigenvalue weighted by Crippen LogP contribution is 2.34. The van der Waals surface area contributed by atoms with Crippen molar-refractivity contribution in [3.8, 4) is 0 Å². The van der Waals surface area contributed by atoms with Crippen LogP contribution in [0.25, 0.3) is 0 Å². The van der Waals surface area contributed by atoms with E-state index in [9.17, 15) is 61.0 Å². The summed E-state index contributed by atoms with van der Waals surface area (Å²) in [5.74, 6) is -0.231. The molecule has 0 aromatic rings. The quantitative estimate of drug-likeness (QED) is 0.0252. The number of rotatable bonds is 76. The third-order valence-corrected chi connectivity index (χ3v) is 23.4. The Balaban J connectivity index is 1.31. The van der Waals surface area contributed by atoms with E-state index in [0.29, 0.717) is 12.8 Å². The maximum absolute atomic E-state index is 13.5. The Morgan fingerprint density at radius 1 is 0.299 bits per heavy atom. The van der Waals surface area contributed by atoms with E-state index in [1.165, 1.54) is 347 Å². The summed E-state index contributed by atoms with van der Waals surface area (Å²) in [5, 5.41) is 121. The molecule has 0 saturated carbocycles. The maximum Gasteiger partial charge on any atom is 0.220 e. The van der Waals surface area contributed by atoms with Crippen LogP contribution in [-0.2, 0) is 33.2 Å². The molecule has 1 amide bonds. The number of hydrogen-bond donors (Lipinski definition) is 12. The van der Waals surface area contributed by atoms with Crippen LogP contribution < -0.4 is 5.32 Å². The van der Waals surface area contributed by atoms with E-state index in [4.69, 9.17) is 28.4 Å². The van der Waals surface area contributed by atoms with Gasteiger partial charge in [0, 0.05) is 6.42 Å². The van der Waals surface area contributed by atoms with Crippen molar-refractivity contribution >= 4 is 5.91 Å². The summed E-state index contributed by atoms with van der Waals surface area (Å²) in [7, 11) is 0. The number of amides is 1. The number of hydrogen-bond acceptors (Lipinski definition) is 18. The average molecular weight is 1530 g/mol. The first kappa shape index (κ1) is 100.0. The number of aliphatic hydroxyl groups is 11. The third-order valence-electron chi connectivity index (χ3n) is 23.4. The summed E-state index contributed by atoms with van der Waals surface area (Å²) in [4.78, 5) is 13.5. The van der Waals surface area contributed by atoms with Crippen molar-refractivity contribution in [1.82, 2.24) is 5.32 Å². The Morgan fingerprint density at radius 3 is 0.813 bits per heavy atom. The SMILES string of the molecule is CCCCCCCCCCCCCCCCCCCCCCCCCCCCCCCCCCCC(=O)NC(COC1OC(CO)C(OC2OC(CO)C(OC3OC(CO)C(O)C(O)C3O)C(O)C2O)C(O)C1O)C(O)CCCCCCCCCCCCCCCCCCCCCCCCCCCCCCC. The van der Waals surface area contributed by atoms with Crippen LogP contribution in [0.15, 0.2) is 0 Å². The van der Waals surface area contributed by atoms with Gasteiger partial charge in [-0.3, -0.25) is 4.79 Å². The average Bonchev–Trinajstić information content (AvgIpc) is 0.782. The maximum atomic E-state index is 13.5. The Hall–Kier alpha value is -1.21. The van der Waals surface area contributed by atoms with E-state index in [1.54, 1.807) is 0 Å². The summed E-state index contributed by atoms with van der Waals surface area (Å²) in [5.41, 5.74) is 0. The molecule has 636 valence electrons. The molecule has 0 aromatic heterocycles. The van der Waals surface area contributed by atoms with Gasteiger partial charge in [-0.05, 0) is 12.8 Å². The smallest absolute Gasteiger partial charge is 0.220 e. The highest BCUT2D eigenvalue weighted by Gasteiger charge is 2.54. The molecule has 3 heterocycles. The molecular formula is C88H171NO18. The zero-order valence-corrected chi connectivity index (χ0v) is 68.7. The molecule has 3 aliphatic heterocycles. The van der Waals surface area contributed by atoms with Gasteiger partial charge in [0.1, 0.15) is 73.2 Å². The molecule has 3 saturated heterocycles. The van der Waals surface area contributed by atoms with Crippen LogP contribution >= 0.6 is 0 Å². The van der Waals surface area contributed by atoms with Crippen LogP contribution in [0.1, 0.15) is 425 Å². The summed E-state index contributed by atoms with van der Waals surface area (Å²) < 4.78 is 34.6. The zero-order valence-electron chi connectivity index (χ0n) is 68.7. The number of carbonyl (C=O) groups excluding carboxylic acids is 1. The largest absolute Gasteiger partial charge is 0.394 e. The van der Waals surface area contributed by atoms with Gasteiger partial charge in [0.25, 0.3) is 0 Å². The van der Waals surface area contributed by atoms with Gasteiger partial charge in [-0.1, -0.05) is 406 Å². The minimum Gasteiger partial charge on any atom is -0.394 e. The number of nitrogens with one attached hydrogen (secondary N) is 1. The Bertz CT molecular complexity index is 1930. The lowest BCUT2D eigenvalue weighted by Crippen LogP contribution is -2.66. The second kappa shape index (κ2) is 69.1. The first-order chi connectivity index (χ1) is 52.3. The van der Waals surface area contributed by atoms with E-state index in [-0.39, 0.29) is 18.9 Å². The van der Waals surface area contributed by atoms with Crippen LogP contribution in [0.2, 0.25) is 0 Å². The highest BCUT2D eigenvalue weighted by atomic mass is 16.8. The van der Waals surface area contributed by atoms with E-state index >= 15 is 0 Å². The summed E-state index contributed by atoms with van der Waals surface area (Å²) >= 11 is 0. The number of ether oxygens (including phenoxy) is 6. The fourth-order valence-electron chi connectivity index (χ4n) is 16.1. The van der Waals surface area contributed by atoms with Crippen LogP contribution in [0.4, 0.5) is 0 Å². The Morgan fingerprint density at radius 2 is 0.533 bits per heavy atom. The molecule has 0 spiro atoms. The summed E-state index contributed by atoms with van der Waals surface area (Å²) in [6.07, 6.45) is 56.5. The van der Waals surface area contributed by atoms with E-state index in [2.05, 4.69) is 19.2 Å². The van der Waals surface area contributed by atoms with Crippen molar-refractivity contribution in [2.24, 2.45) is 0 Å². The van der Waals surface area contributed by atoms with Gasteiger partial charge in [-0.2, -0.15) is 0 Å². The molecule has 17 atom stereocenters. The summed E-state index contributed by atoms with van der Waals surface area (Å²) in [6, 6.07) is -0.884. The number of aliphatic hydroxyl groups excluding tert-OH is 11. The third kappa shape index (κ3) is 48.1. The van der Waals surface area contributed by atoms with Crippen LogP contribution in [0.5, 0.6) is 0 Å². The van der Waals surface area contributed by atoms with E-state index in [1.807, 2.05) is 0 Å². The van der Waals surface area contributed by atoms with Crippen LogP contribution in [0.3, 0.4) is 0 Å². The van der Waals surface area contributed by atoms with E-state index in [0.717, 1.165) is 44.9 Å². The van der Waals surface area contributed by atoms with Crippen molar-refractivity contribution in [3.05, 3.63) is 0 Å². The Labute approximate surface area is 653 Å². The summed E-state index contributed by atoms with van der Waals surface area (Å²) in [6.45, 7) is 1.89. The van der Waals surface area contributed by atoms with Gasteiger partial charge < -0.3 is 89.9 Å². The lowest BCUT2D eigenvalue weighted by molar-refractivity contribution is -0.379. The predicted octanol–water partition coefficient (Wildman–Crippen LogP) is 17.3. The molecular weight excluding hydrogens is 1360 g/mol. The van der Waals surface area contributed by atoms with Gasteiger partial charge >= 0.3 is 0 Å². The molecule has 3 fully saturated rings. The van der Waals surface area contributed by atoms with Gasteiger partial charge in [0.2, 0.25) is 5.91 Å². The molecule has 3 rings (SSSR count). The van der Waals surface area contributed by atoms with Gasteiger partial charge in [0.15, 0.2) is 18.9 Å². The second-order valence-electron chi connectivity index (χ2n) is 33.1. The first-order valence-corrected chi connectivity index (χ1v) is 45.8. The van der Waals surface area contributed by atoms with Crippen molar-refractivity contribution in [2.45, 2.75) is 529 Å².